The molecule has 0 bridgehead atoms. The van der Waals surface area contributed by atoms with Crippen molar-refractivity contribution in [3.8, 4) is 17.1 Å². The Bertz CT molecular complexity index is 1210. The highest BCUT2D eigenvalue weighted by Gasteiger charge is 2.17. The first-order valence-corrected chi connectivity index (χ1v) is 11.1. The van der Waals surface area contributed by atoms with E-state index in [2.05, 4.69) is 15.5 Å². The van der Waals surface area contributed by atoms with Gasteiger partial charge < -0.3 is 5.32 Å². The highest BCUT2D eigenvalue weighted by atomic mass is 35.5. The molecule has 0 spiro atoms. The third-order valence-corrected chi connectivity index (χ3v) is 6.14. The maximum Gasteiger partial charge on any atom is 0.234 e. The molecule has 1 heterocycles. The molecule has 0 fully saturated rings. The third-order valence-electron chi connectivity index (χ3n) is 4.96. The SMILES string of the molecule is Cc1cccc(NC(=O)CSc2nnc(-c3ccc(Cl)cc3)n2-c2ccccc2)c1C. The molecule has 0 atom stereocenters. The van der Waals surface area contributed by atoms with Crippen molar-refractivity contribution < 1.29 is 4.79 Å². The Kier molecular flexibility index (Phi) is 6.39. The maximum atomic E-state index is 12.6. The van der Waals surface area contributed by atoms with Crippen LogP contribution < -0.4 is 5.32 Å². The first kappa shape index (κ1) is 21.2. The minimum atomic E-state index is -0.0886. The predicted molar refractivity (Wildman–Crippen MR) is 127 cm³/mol. The second-order valence-electron chi connectivity index (χ2n) is 7.07. The summed E-state index contributed by atoms with van der Waals surface area (Å²) < 4.78 is 1.96. The summed E-state index contributed by atoms with van der Waals surface area (Å²) in [5.74, 6) is 0.827. The van der Waals surface area contributed by atoms with Crippen molar-refractivity contribution in [1.29, 1.82) is 0 Å². The molecule has 1 amide bonds. The van der Waals surface area contributed by atoms with Crippen molar-refractivity contribution in [2.45, 2.75) is 19.0 Å². The highest BCUT2D eigenvalue weighted by Crippen LogP contribution is 2.29. The molecule has 7 heteroatoms. The summed E-state index contributed by atoms with van der Waals surface area (Å²) in [6, 6.07) is 23.2. The quantitative estimate of drug-likeness (QED) is 0.371. The number of carbonyl (C=O) groups is 1. The Balaban J connectivity index is 1.59. The van der Waals surface area contributed by atoms with Gasteiger partial charge in [0.2, 0.25) is 5.91 Å². The van der Waals surface area contributed by atoms with E-state index in [0.29, 0.717) is 16.0 Å². The average molecular weight is 449 g/mol. The molecule has 0 radical (unpaired) electrons. The molecule has 0 aliphatic carbocycles. The zero-order chi connectivity index (χ0) is 21.8. The van der Waals surface area contributed by atoms with Crippen LogP contribution in [-0.4, -0.2) is 26.4 Å². The molecular weight excluding hydrogens is 428 g/mol. The molecular formula is C24H21ClN4OS. The third kappa shape index (κ3) is 4.81. The summed E-state index contributed by atoms with van der Waals surface area (Å²) in [6.45, 7) is 4.03. The fraction of sp³-hybridized carbons (Fsp3) is 0.125. The molecule has 5 nitrogen and oxygen atoms in total. The standard InChI is InChI=1S/C24H21ClN4OS/c1-16-7-6-10-21(17(16)2)26-22(30)15-31-24-28-27-23(18-11-13-19(25)14-12-18)29(24)20-8-4-3-5-9-20/h3-14H,15H2,1-2H3,(H,26,30). The van der Waals surface area contributed by atoms with E-state index in [1.807, 2.05) is 91.2 Å². The van der Waals surface area contributed by atoms with Gasteiger partial charge in [-0.1, -0.05) is 53.7 Å². The lowest BCUT2D eigenvalue weighted by atomic mass is 10.1. The summed E-state index contributed by atoms with van der Waals surface area (Å²) in [7, 11) is 0. The van der Waals surface area contributed by atoms with Crippen LogP contribution in [0.25, 0.3) is 17.1 Å². The molecule has 0 saturated carbocycles. The number of nitrogens with zero attached hydrogens (tertiary/aromatic N) is 3. The van der Waals surface area contributed by atoms with Gasteiger partial charge >= 0.3 is 0 Å². The number of hydrogen-bond donors (Lipinski definition) is 1. The van der Waals surface area contributed by atoms with Gasteiger partial charge in [0.1, 0.15) is 0 Å². The zero-order valence-electron chi connectivity index (χ0n) is 17.2. The van der Waals surface area contributed by atoms with E-state index in [-0.39, 0.29) is 11.7 Å². The highest BCUT2D eigenvalue weighted by molar-refractivity contribution is 7.99. The number of thioether (sulfide) groups is 1. The molecule has 4 aromatic rings. The number of aryl methyl sites for hydroxylation is 1. The van der Waals surface area contributed by atoms with E-state index >= 15 is 0 Å². The average Bonchev–Trinajstić information content (AvgIpc) is 3.20. The minimum absolute atomic E-state index is 0.0886. The first-order chi connectivity index (χ1) is 15.0. The molecule has 31 heavy (non-hydrogen) atoms. The number of aromatic nitrogens is 3. The van der Waals surface area contributed by atoms with Gasteiger partial charge in [-0.25, -0.2) is 0 Å². The molecule has 4 rings (SSSR count). The Hall–Kier alpha value is -3.09. The van der Waals surface area contributed by atoms with Gasteiger partial charge in [-0.2, -0.15) is 0 Å². The Morgan fingerprint density at radius 2 is 1.71 bits per heavy atom. The van der Waals surface area contributed by atoms with Crippen LogP contribution in [0.4, 0.5) is 5.69 Å². The van der Waals surface area contributed by atoms with Crippen molar-refractivity contribution in [1.82, 2.24) is 14.8 Å². The fourth-order valence-electron chi connectivity index (χ4n) is 3.16. The largest absolute Gasteiger partial charge is 0.325 e. The lowest BCUT2D eigenvalue weighted by molar-refractivity contribution is -0.113. The summed E-state index contributed by atoms with van der Waals surface area (Å²) in [5, 5.41) is 13.1. The van der Waals surface area contributed by atoms with E-state index < -0.39 is 0 Å². The monoisotopic (exact) mass is 448 g/mol. The number of carbonyl (C=O) groups excluding carboxylic acids is 1. The van der Waals surface area contributed by atoms with Crippen LogP contribution in [0.15, 0.2) is 78.0 Å². The van der Waals surface area contributed by atoms with Crippen LogP contribution in [0.3, 0.4) is 0 Å². The van der Waals surface area contributed by atoms with E-state index in [0.717, 1.165) is 28.1 Å². The molecule has 1 N–H and O–H groups in total. The molecule has 0 unspecified atom stereocenters. The van der Waals surface area contributed by atoms with Crippen LogP contribution in [0.5, 0.6) is 0 Å². The lowest BCUT2D eigenvalue weighted by Gasteiger charge is -2.12. The number of rotatable bonds is 6. The summed E-state index contributed by atoms with van der Waals surface area (Å²) in [4.78, 5) is 12.6. The second kappa shape index (κ2) is 9.37. The van der Waals surface area contributed by atoms with Crippen molar-refractivity contribution in [2.24, 2.45) is 0 Å². The van der Waals surface area contributed by atoms with Crippen LogP contribution in [-0.2, 0) is 4.79 Å². The van der Waals surface area contributed by atoms with Gasteiger partial charge in [0.05, 0.1) is 5.75 Å². The van der Waals surface area contributed by atoms with Crippen molar-refractivity contribution >= 4 is 35.0 Å². The number of para-hydroxylation sites is 1. The topological polar surface area (TPSA) is 59.8 Å². The lowest BCUT2D eigenvalue weighted by Crippen LogP contribution is -2.15. The Morgan fingerprint density at radius 1 is 0.968 bits per heavy atom. The van der Waals surface area contributed by atoms with Gasteiger partial charge in [-0.3, -0.25) is 9.36 Å². The van der Waals surface area contributed by atoms with E-state index in [9.17, 15) is 4.79 Å². The smallest absolute Gasteiger partial charge is 0.234 e. The van der Waals surface area contributed by atoms with Crippen LogP contribution >= 0.6 is 23.4 Å². The molecule has 0 saturated heterocycles. The van der Waals surface area contributed by atoms with E-state index in [4.69, 9.17) is 11.6 Å². The van der Waals surface area contributed by atoms with Gasteiger partial charge in [0.15, 0.2) is 11.0 Å². The molecule has 3 aromatic carbocycles. The molecule has 0 aliphatic rings. The number of hydrogen-bond acceptors (Lipinski definition) is 4. The maximum absolute atomic E-state index is 12.6. The van der Waals surface area contributed by atoms with Crippen LogP contribution in [0, 0.1) is 13.8 Å². The zero-order valence-corrected chi connectivity index (χ0v) is 18.7. The van der Waals surface area contributed by atoms with Crippen molar-refractivity contribution in [2.75, 3.05) is 11.1 Å². The number of anilines is 1. The summed E-state index contributed by atoms with van der Waals surface area (Å²) in [5.41, 5.74) is 4.86. The molecule has 156 valence electrons. The first-order valence-electron chi connectivity index (χ1n) is 9.78. The normalized spacial score (nSPS) is 10.8. The Morgan fingerprint density at radius 3 is 2.45 bits per heavy atom. The minimum Gasteiger partial charge on any atom is -0.325 e. The van der Waals surface area contributed by atoms with Crippen LogP contribution in [0.2, 0.25) is 5.02 Å². The van der Waals surface area contributed by atoms with Crippen molar-refractivity contribution in [3.05, 3.63) is 88.9 Å². The predicted octanol–water partition coefficient (Wildman–Crippen LogP) is 5.94. The number of halogens is 1. The molecule has 0 aliphatic heterocycles. The summed E-state index contributed by atoms with van der Waals surface area (Å²) >= 11 is 7.39. The van der Waals surface area contributed by atoms with Gasteiger partial charge in [-0.15, -0.1) is 10.2 Å². The van der Waals surface area contributed by atoms with Crippen molar-refractivity contribution in [3.63, 3.8) is 0 Å². The Labute approximate surface area is 190 Å². The van der Waals surface area contributed by atoms with Gasteiger partial charge in [0.25, 0.3) is 0 Å². The second-order valence-corrected chi connectivity index (χ2v) is 8.45. The number of amides is 1. The van der Waals surface area contributed by atoms with Crippen LogP contribution in [0.1, 0.15) is 11.1 Å². The number of nitrogens with one attached hydrogen (secondary N) is 1. The van der Waals surface area contributed by atoms with Gasteiger partial charge in [-0.05, 0) is 67.4 Å². The molecule has 1 aromatic heterocycles. The fourth-order valence-corrected chi connectivity index (χ4v) is 4.04. The number of benzene rings is 3. The van der Waals surface area contributed by atoms with E-state index in [1.54, 1.807) is 0 Å². The summed E-state index contributed by atoms with van der Waals surface area (Å²) in [6.07, 6.45) is 0. The van der Waals surface area contributed by atoms with E-state index in [1.165, 1.54) is 11.8 Å². The van der Waals surface area contributed by atoms with Gasteiger partial charge in [0, 0.05) is 22.0 Å².